The molecule has 1 aliphatic rings. The molecule has 1 aromatic heterocycles. The predicted octanol–water partition coefficient (Wildman–Crippen LogP) is 2.34. The molecule has 6 heteroatoms. The largest absolute Gasteiger partial charge is 0.378 e. The molecule has 114 valence electrons. The van der Waals surface area contributed by atoms with Crippen molar-refractivity contribution in [2.45, 2.75) is 4.83 Å². The van der Waals surface area contributed by atoms with Crippen molar-refractivity contribution in [3.63, 3.8) is 0 Å². The van der Waals surface area contributed by atoms with Crippen LogP contribution in [0.15, 0.2) is 30.3 Å². The quantitative estimate of drug-likeness (QED) is 0.621. The van der Waals surface area contributed by atoms with E-state index in [1.807, 2.05) is 24.3 Å². The number of aromatic nitrogens is 1. The highest BCUT2D eigenvalue weighted by atomic mass is 79.9. The zero-order chi connectivity index (χ0) is 15.5. The molecule has 0 aliphatic carbocycles. The van der Waals surface area contributed by atoms with Gasteiger partial charge in [0.1, 0.15) is 12.0 Å². The lowest BCUT2D eigenvalue weighted by molar-refractivity contribution is -0.107. The zero-order valence-electron chi connectivity index (χ0n) is 11.9. The van der Waals surface area contributed by atoms with Crippen molar-refractivity contribution in [2.75, 3.05) is 26.3 Å². The third-order valence-corrected chi connectivity index (χ3v) is 4.39. The Hall–Kier alpha value is -1.79. The van der Waals surface area contributed by atoms with Gasteiger partial charge in [-0.25, -0.2) is 4.98 Å². The molecule has 1 amide bonds. The first-order valence-corrected chi connectivity index (χ1v) is 7.98. The molecule has 5 nitrogen and oxygen atoms in total. The first kappa shape index (κ1) is 15.1. The number of morpholine rings is 1. The molecule has 2 aromatic rings. The Morgan fingerprint density at radius 2 is 2.05 bits per heavy atom. The number of rotatable bonds is 3. The lowest BCUT2D eigenvalue weighted by atomic mass is 10.1. The van der Waals surface area contributed by atoms with Crippen molar-refractivity contribution in [3.8, 4) is 0 Å². The Labute approximate surface area is 136 Å². The molecule has 1 atom stereocenters. The Morgan fingerprint density at radius 3 is 2.77 bits per heavy atom. The van der Waals surface area contributed by atoms with Crippen molar-refractivity contribution in [1.82, 2.24) is 9.88 Å². The van der Waals surface area contributed by atoms with Gasteiger partial charge in [0.25, 0.3) is 5.91 Å². The van der Waals surface area contributed by atoms with Gasteiger partial charge >= 0.3 is 0 Å². The standard InChI is InChI=1S/C16H15BrN2O3/c17-13(10-20)12-3-1-2-11-4-5-14(18-15(11)12)16(21)19-6-8-22-9-7-19/h1-5,10,13H,6-9H2. The summed E-state index contributed by atoms with van der Waals surface area (Å²) in [5, 5.41) is 0.905. The van der Waals surface area contributed by atoms with Crippen LogP contribution in [0.25, 0.3) is 10.9 Å². The number of aldehydes is 1. The van der Waals surface area contributed by atoms with E-state index in [0.717, 1.165) is 17.2 Å². The van der Waals surface area contributed by atoms with E-state index in [1.165, 1.54) is 0 Å². The second kappa shape index (κ2) is 6.54. The predicted molar refractivity (Wildman–Crippen MR) is 86.2 cm³/mol. The van der Waals surface area contributed by atoms with Crippen LogP contribution >= 0.6 is 15.9 Å². The minimum Gasteiger partial charge on any atom is -0.378 e. The fourth-order valence-corrected chi connectivity index (χ4v) is 2.88. The molecular formula is C16H15BrN2O3. The summed E-state index contributed by atoms with van der Waals surface area (Å²) in [6, 6.07) is 9.23. The van der Waals surface area contributed by atoms with Crippen molar-refractivity contribution in [2.24, 2.45) is 0 Å². The second-order valence-corrected chi connectivity index (χ2v) is 6.04. The number of amides is 1. The monoisotopic (exact) mass is 362 g/mol. The molecule has 22 heavy (non-hydrogen) atoms. The maximum absolute atomic E-state index is 12.5. The molecule has 1 fully saturated rings. The van der Waals surface area contributed by atoms with Crippen LogP contribution in [0, 0.1) is 0 Å². The summed E-state index contributed by atoms with van der Waals surface area (Å²) in [7, 11) is 0. The van der Waals surface area contributed by atoms with Gasteiger partial charge in [-0.05, 0) is 11.6 Å². The summed E-state index contributed by atoms with van der Waals surface area (Å²) in [6.45, 7) is 2.27. The Balaban J connectivity index is 2.00. The minimum absolute atomic E-state index is 0.0998. The molecular weight excluding hydrogens is 348 g/mol. The van der Waals surface area contributed by atoms with Gasteiger partial charge in [-0.2, -0.15) is 0 Å². The smallest absolute Gasteiger partial charge is 0.272 e. The Morgan fingerprint density at radius 1 is 1.27 bits per heavy atom. The fraction of sp³-hybridized carbons (Fsp3) is 0.312. The molecule has 1 aliphatic heterocycles. The number of alkyl halides is 1. The number of hydrogen-bond acceptors (Lipinski definition) is 4. The molecule has 0 radical (unpaired) electrons. The average Bonchev–Trinajstić information content (AvgIpc) is 2.60. The summed E-state index contributed by atoms with van der Waals surface area (Å²) in [5.41, 5.74) is 1.84. The summed E-state index contributed by atoms with van der Waals surface area (Å²) in [6.07, 6.45) is 0.812. The van der Waals surface area contributed by atoms with E-state index in [4.69, 9.17) is 4.74 Å². The number of para-hydroxylation sites is 1. The number of fused-ring (bicyclic) bond motifs is 1. The molecule has 1 unspecified atom stereocenters. The Kier molecular flexibility index (Phi) is 4.49. The molecule has 1 saturated heterocycles. The van der Waals surface area contributed by atoms with Gasteiger partial charge in [-0.1, -0.05) is 40.2 Å². The molecule has 1 aromatic carbocycles. The van der Waals surface area contributed by atoms with Crippen LogP contribution in [0.4, 0.5) is 0 Å². The number of carbonyl (C=O) groups excluding carboxylic acids is 2. The van der Waals surface area contributed by atoms with Gasteiger partial charge in [0.05, 0.1) is 23.6 Å². The van der Waals surface area contributed by atoms with Crippen LogP contribution in [0.2, 0.25) is 0 Å². The third-order valence-electron chi connectivity index (χ3n) is 3.69. The van der Waals surface area contributed by atoms with Crippen LogP contribution in [-0.2, 0) is 9.53 Å². The molecule has 0 spiro atoms. The van der Waals surface area contributed by atoms with Crippen molar-refractivity contribution in [3.05, 3.63) is 41.6 Å². The van der Waals surface area contributed by atoms with Crippen molar-refractivity contribution in [1.29, 1.82) is 0 Å². The van der Waals surface area contributed by atoms with E-state index in [-0.39, 0.29) is 5.91 Å². The highest BCUT2D eigenvalue weighted by Gasteiger charge is 2.20. The highest BCUT2D eigenvalue weighted by Crippen LogP contribution is 2.27. The molecule has 3 rings (SSSR count). The summed E-state index contributed by atoms with van der Waals surface area (Å²) < 4.78 is 5.26. The Bertz CT molecular complexity index is 714. The van der Waals surface area contributed by atoms with Crippen molar-refractivity contribution >= 4 is 39.0 Å². The topological polar surface area (TPSA) is 59.5 Å². The normalized spacial score (nSPS) is 16.5. The van der Waals surface area contributed by atoms with Crippen LogP contribution < -0.4 is 0 Å². The van der Waals surface area contributed by atoms with E-state index < -0.39 is 4.83 Å². The van der Waals surface area contributed by atoms with Crippen LogP contribution in [0.5, 0.6) is 0 Å². The summed E-state index contributed by atoms with van der Waals surface area (Å²) in [4.78, 5) is 29.4. The third kappa shape index (κ3) is 2.89. The highest BCUT2D eigenvalue weighted by molar-refractivity contribution is 9.09. The minimum atomic E-state index is -0.433. The number of hydrogen-bond donors (Lipinski definition) is 0. The van der Waals surface area contributed by atoms with E-state index in [1.54, 1.807) is 11.0 Å². The average molecular weight is 363 g/mol. The molecule has 0 saturated carbocycles. The first-order valence-electron chi connectivity index (χ1n) is 7.07. The maximum atomic E-state index is 12.5. The molecule has 0 N–H and O–H groups in total. The zero-order valence-corrected chi connectivity index (χ0v) is 13.5. The van der Waals surface area contributed by atoms with Crippen LogP contribution in [-0.4, -0.2) is 48.4 Å². The van der Waals surface area contributed by atoms with Crippen LogP contribution in [0.1, 0.15) is 20.9 Å². The molecule has 2 heterocycles. The SMILES string of the molecule is O=CC(Br)c1cccc2ccc(C(=O)N3CCOCC3)nc12. The van der Waals surface area contributed by atoms with E-state index in [9.17, 15) is 9.59 Å². The van der Waals surface area contributed by atoms with Gasteiger partial charge in [-0.3, -0.25) is 4.79 Å². The summed E-state index contributed by atoms with van der Waals surface area (Å²) in [5.74, 6) is -0.0998. The van der Waals surface area contributed by atoms with Gasteiger partial charge in [0.2, 0.25) is 0 Å². The fourth-order valence-electron chi connectivity index (χ4n) is 2.51. The number of ether oxygens (including phenoxy) is 1. The first-order chi connectivity index (χ1) is 10.7. The van der Waals surface area contributed by atoms with Gasteiger partial charge < -0.3 is 14.4 Å². The van der Waals surface area contributed by atoms with E-state index in [0.29, 0.717) is 37.5 Å². The lowest BCUT2D eigenvalue weighted by Gasteiger charge is -2.26. The van der Waals surface area contributed by atoms with Crippen molar-refractivity contribution < 1.29 is 14.3 Å². The lowest BCUT2D eigenvalue weighted by Crippen LogP contribution is -2.41. The number of carbonyl (C=O) groups is 2. The second-order valence-electron chi connectivity index (χ2n) is 5.06. The number of pyridine rings is 1. The van der Waals surface area contributed by atoms with E-state index in [2.05, 4.69) is 20.9 Å². The summed E-state index contributed by atoms with van der Waals surface area (Å²) >= 11 is 3.32. The molecule has 0 bridgehead atoms. The van der Waals surface area contributed by atoms with Crippen LogP contribution in [0.3, 0.4) is 0 Å². The maximum Gasteiger partial charge on any atom is 0.272 e. The van der Waals surface area contributed by atoms with Gasteiger partial charge in [0, 0.05) is 18.5 Å². The number of halogens is 1. The number of nitrogens with zero attached hydrogens (tertiary/aromatic N) is 2. The van der Waals surface area contributed by atoms with E-state index >= 15 is 0 Å². The number of benzene rings is 1. The van der Waals surface area contributed by atoms with Gasteiger partial charge in [-0.15, -0.1) is 0 Å². The van der Waals surface area contributed by atoms with Gasteiger partial charge in [0.15, 0.2) is 0 Å².